The number of likely N-dealkylation sites (N-methyl/N-ethyl adjacent to an activating group) is 1. The van der Waals surface area contributed by atoms with Crippen molar-refractivity contribution in [3.63, 3.8) is 0 Å². The van der Waals surface area contributed by atoms with Crippen LogP contribution >= 0.6 is 0 Å². The van der Waals surface area contributed by atoms with Crippen molar-refractivity contribution in [3.8, 4) is 0 Å². The molecule has 3 rings (SSSR count). The van der Waals surface area contributed by atoms with Gasteiger partial charge in [-0.2, -0.15) is 0 Å². The highest BCUT2D eigenvalue weighted by Gasteiger charge is 2.46. The lowest BCUT2D eigenvalue weighted by Gasteiger charge is -2.52. The maximum Gasteiger partial charge on any atom is 0.312 e. The number of hydrogen-bond acceptors (Lipinski definition) is 6. The highest BCUT2D eigenvalue weighted by molar-refractivity contribution is 6.34. The number of hydrogen-bond donors (Lipinski definition) is 2. The first-order chi connectivity index (χ1) is 12.3. The van der Waals surface area contributed by atoms with Gasteiger partial charge in [-0.25, -0.2) is 9.97 Å². The Morgan fingerprint density at radius 3 is 2.46 bits per heavy atom. The number of carbonyl (C=O) groups is 3. The third-order valence-electron chi connectivity index (χ3n) is 5.33. The van der Waals surface area contributed by atoms with Gasteiger partial charge in [0.25, 0.3) is 5.91 Å². The molecule has 9 heteroatoms. The number of carbonyl (C=O) groups excluding carboxylic acids is 3. The second-order valence-corrected chi connectivity index (χ2v) is 7.39. The summed E-state index contributed by atoms with van der Waals surface area (Å²) in [5.74, 6) is -0.871. The topological polar surface area (TPSA) is 122 Å². The molecule has 1 saturated carbocycles. The van der Waals surface area contributed by atoms with Gasteiger partial charge in [0.15, 0.2) is 0 Å². The van der Waals surface area contributed by atoms with Crippen molar-refractivity contribution in [3.05, 3.63) is 18.1 Å². The molecule has 26 heavy (non-hydrogen) atoms. The minimum Gasteiger partial charge on any atom is -0.367 e. The zero-order valence-electron chi connectivity index (χ0n) is 15.1. The number of amides is 3. The number of nitrogens with zero attached hydrogens (tertiary/aromatic N) is 4. The van der Waals surface area contributed by atoms with Gasteiger partial charge in [0.2, 0.25) is 0 Å². The predicted molar refractivity (Wildman–Crippen MR) is 94.1 cm³/mol. The molecule has 0 radical (unpaired) electrons. The Bertz CT molecular complexity index is 719. The van der Waals surface area contributed by atoms with Gasteiger partial charge in [0.1, 0.15) is 17.8 Å². The van der Waals surface area contributed by atoms with Crippen LogP contribution < -0.4 is 11.1 Å². The Labute approximate surface area is 151 Å². The Morgan fingerprint density at radius 1 is 1.23 bits per heavy atom. The van der Waals surface area contributed by atoms with Crippen molar-refractivity contribution >= 4 is 23.5 Å². The Balaban J connectivity index is 1.50. The summed E-state index contributed by atoms with van der Waals surface area (Å²) in [6.07, 6.45) is 5.07. The zero-order valence-corrected chi connectivity index (χ0v) is 15.1. The Morgan fingerprint density at radius 2 is 1.88 bits per heavy atom. The van der Waals surface area contributed by atoms with Crippen LogP contribution in [-0.4, -0.2) is 70.7 Å². The van der Waals surface area contributed by atoms with E-state index in [0.717, 1.165) is 25.7 Å². The van der Waals surface area contributed by atoms with Crippen molar-refractivity contribution in [2.75, 3.05) is 32.5 Å². The van der Waals surface area contributed by atoms with E-state index in [1.54, 1.807) is 25.1 Å². The van der Waals surface area contributed by atoms with E-state index in [-0.39, 0.29) is 17.2 Å². The van der Waals surface area contributed by atoms with Crippen molar-refractivity contribution in [1.82, 2.24) is 19.8 Å². The molecule has 2 fully saturated rings. The number of likely N-dealkylation sites (tertiary alicyclic amines) is 1. The van der Waals surface area contributed by atoms with Crippen LogP contribution in [0, 0.1) is 5.41 Å². The minimum atomic E-state index is -0.579. The molecular weight excluding hydrogens is 336 g/mol. The summed E-state index contributed by atoms with van der Waals surface area (Å²) in [6.45, 7) is 1.23. The lowest BCUT2D eigenvalue weighted by molar-refractivity contribution is -0.152. The average Bonchev–Trinajstić information content (AvgIpc) is 2.60. The maximum atomic E-state index is 12.1. The van der Waals surface area contributed by atoms with E-state index < -0.39 is 17.7 Å². The van der Waals surface area contributed by atoms with Gasteiger partial charge in [-0.1, -0.05) is 0 Å². The molecule has 3 N–H and O–H groups in total. The second kappa shape index (κ2) is 6.89. The van der Waals surface area contributed by atoms with Crippen LogP contribution in [-0.2, 0) is 9.59 Å². The number of primary amides is 1. The van der Waals surface area contributed by atoms with Crippen LogP contribution in [0.4, 0.5) is 5.82 Å². The summed E-state index contributed by atoms with van der Waals surface area (Å²) in [7, 11) is 3.18. The molecule has 1 aromatic rings. The van der Waals surface area contributed by atoms with Gasteiger partial charge < -0.3 is 20.9 Å². The molecule has 0 unspecified atom stereocenters. The predicted octanol–water partition coefficient (Wildman–Crippen LogP) is -0.153. The summed E-state index contributed by atoms with van der Waals surface area (Å²) >= 11 is 0. The smallest absolute Gasteiger partial charge is 0.312 e. The van der Waals surface area contributed by atoms with Crippen molar-refractivity contribution in [1.29, 1.82) is 0 Å². The molecule has 1 saturated heterocycles. The normalized spacial score (nSPS) is 18.9. The summed E-state index contributed by atoms with van der Waals surface area (Å²) < 4.78 is 0. The van der Waals surface area contributed by atoms with E-state index in [0.29, 0.717) is 18.9 Å². The molecule has 9 nitrogen and oxygen atoms in total. The fourth-order valence-electron chi connectivity index (χ4n) is 3.79. The number of aromatic nitrogens is 2. The van der Waals surface area contributed by atoms with Crippen LogP contribution in [0.15, 0.2) is 12.4 Å². The van der Waals surface area contributed by atoms with E-state index in [2.05, 4.69) is 15.3 Å². The third-order valence-corrected chi connectivity index (χ3v) is 5.33. The van der Waals surface area contributed by atoms with Crippen molar-refractivity contribution in [2.45, 2.75) is 31.7 Å². The van der Waals surface area contributed by atoms with E-state index in [4.69, 9.17) is 5.73 Å². The largest absolute Gasteiger partial charge is 0.367 e. The molecule has 1 aliphatic heterocycles. The third kappa shape index (κ3) is 3.61. The van der Waals surface area contributed by atoms with Crippen LogP contribution in [0.3, 0.4) is 0 Å². The average molecular weight is 360 g/mol. The number of anilines is 1. The number of rotatable bonds is 3. The Kier molecular flexibility index (Phi) is 4.80. The van der Waals surface area contributed by atoms with Gasteiger partial charge in [-0.05, 0) is 31.1 Å². The molecule has 1 spiro atoms. The van der Waals surface area contributed by atoms with Crippen LogP contribution in [0.25, 0.3) is 0 Å². The van der Waals surface area contributed by atoms with Crippen molar-refractivity contribution in [2.24, 2.45) is 11.1 Å². The molecule has 0 aromatic carbocycles. The van der Waals surface area contributed by atoms with Crippen LogP contribution in [0.1, 0.15) is 36.2 Å². The highest BCUT2D eigenvalue weighted by Crippen LogP contribution is 2.49. The van der Waals surface area contributed by atoms with Crippen LogP contribution in [0.5, 0.6) is 0 Å². The van der Waals surface area contributed by atoms with Gasteiger partial charge in [-0.15, -0.1) is 0 Å². The van der Waals surface area contributed by atoms with Gasteiger partial charge >= 0.3 is 11.8 Å². The summed E-state index contributed by atoms with van der Waals surface area (Å²) in [5.41, 5.74) is 5.64. The first-order valence-electron chi connectivity index (χ1n) is 8.69. The number of nitrogens with one attached hydrogen (secondary N) is 1. The van der Waals surface area contributed by atoms with Gasteiger partial charge in [0.05, 0.1) is 0 Å². The standard InChI is InChI=1S/C17H24N6O3/c1-22(2)15(25)16(26)23-5-3-17(4-6-23)8-11(9-17)21-13-7-12(14(18)24)19-10-20-13/h7,10-11H,3-6,8-9H2,1-2H3,(H2,18,24)(H,19,20,21). The molecule has 2 aliphatic rings. The lowest BCUT2D eigenvalue weighted by atomic mass is 9.60. The zero-order chi connectivity index (χ0) is 18.9. The first kappa shape index (κ1) is 18.1. The number of piperidine rings is 1. The quantitative estimate of drug-likeness (QED) is 0.723. The molecule has 2 heterocycles. The van der Waals surface area contributed by atoms with Gasteiger partial charge in [-0.3, -0.25) is 14.4 Å². The fourth-order valence-corrected chi connectivity index (χ4v) is 3.79. The summed E-state index contributed by atoms with van der Waals surface area (Å²) in [5, 5.41) is 3.31. The molecule has 0 bridgehead atoms. The van der Waals surface area contributed by atoms with E-state index in [1.165, 1.54) is 11.2 Å². The van der Waals surface area contributed by atoms with E-state index >= 15 is 0 Å². The maximum absolute atomic E-state index is 12.1. The molecule has 140 valence electrons. The molecule has 0 atom stereocenters. The fraction of sp³-hybridized carbons (Fsp3) is 0.588. The molecule has 1 aromatic heterocycles. The van der Waals surface area contributed by atoms with Gasteiger partial charge in [0, 0.05) is 39.3 Å². The SMILES string of the molecule is CN(C)C(=O)C(=O)N1CCC2(CC1)CC(Nc1cc(C(N)=O)ncn1)C2. The molecule has 1 aliphatic carbocycles. The lowest BCUT2D eigenvalue weighted by Crippen LogP contribution is -2.54. The molecular formula is C17H24N6O3. The van der Waals surface area contributed by atoms with Crippen LogP contribution in [0.2, 0.25) is 0 Å². The highest BCUT2D eigenvalue weighted by atomic mass is 16.2. The Hall–Kier alpha value is -2.71. The summed E-state index contributed by atoms with van der Waals surface area (Å²) in [4.78, 5) is 46.0. The number of nitrogens with two attached hydrogens (primary N) is 1. The monoisotopic (exact) mass is 360 g/mol. The van der Waals surface area contributed by atoms with E-state index in [1.807, 2.05) is 0 Å². The van der Waals surface area contributed by atoms with Crippen molar-refractivity contribution < 1.29 is 14.4 Å². The molecule has 3 amide bonds. The first-order valence-corrected chi connectivity index (χ1v) is 8.69. The minimum absolute atomic E-state index is 0.189. The second-order valence-electron chi connectivity index (χ2n) is 7.39. The summed E-state index contributed by atoms with van der Waals surface area (Å²) in [6, 6.07) is 1.83. The van der Waals surface area contributed by atoms with E-state index in [9.17, 15) is 14.4 Å².